The van der Waals surface area contributed by atoms with E-state index in [-0.39, 0.29) is 12.4 Å². The van der Waals surface area contributed by atoms with Gasteiger partial charge in [0.05, 0.1) is 14.2 Å². The lowest BCUT2D eigenvalue weighted by atomic mass is 9.80. The van der Waals surface area contributed by atoms with Crippen LogP contribution in [0.5, 0.6) is 11.5 Å². The number of allylic oxidation sites excluding steroid dienone is 1. The zero-order chi connectivity index (χ0) is 17.9. The Labute approximate surface area is 166 Å². The fourth-order valence-electron chi connectivity index (χ4n) is 3.61. The summed E-state index contributed by atoms with van der Waals surface area (Å²) in [6.45, 7) is 0. The highest BCUT2D eigenvalue weighted by Gasteiger charge is 2.22. The molecule has 3 nitrogen and oxygen atoms in total. The van der Waals surface area contributed by atoms with Crippen LogP contribution in [0.3, 0.4) is 0 Å². The van der Waals surface area contributed by atoms with Crippen molar-refractivity contribution in [3.05, 3.63) is 89.2 Å². The molecule has 0 unspecified atom stereocenters. The normalized spacial score (nSPS) is 12.8. The van der Waals surface area contributed by atoms with Gasteiger partial charge in [-0.2, -0.15) is 0 Å². The number of halogens is 1. The van der Waals surface area contributed by atoms with Gasteiger partial charge in [-0.15, -0.1) is 12.4 Å². The molecule has 4 heteroatoms. The summed E-state index contributed by atoms with van der Waals surface area (Å²) in [5.41, 5.74) is 7.56. The van der Waals surface area contributed by atoms with Crippen LogP contribution in [0, 0.1) is 0 Å². The SMILES string of the molecule is COc1ccc(C2=C(c3cccnc3)CCc3cc(OC)ccc32)cc1.Cl. The molecule has 3 aromatic rings. The molecule has 0 spiro atoms. The number of aromatic nitrogens is 1. The molecule has 0 bridgehead atoms. The molecule has 0 N–H and O–H groups in total. The maximum Gasteiger partial charge on any atom is 0.119 e. The fourth-order valence-corrected chi connectivity index (χ4v) is 3.61. The van der Waals surface area contributed by atoms with Crippen molar-refractivity contribution in [2.24, 2.45) is 0 Å². The third-order valence-corrected chi connectivity index (χ3v) is 4.92. The molecule has 2 aromatic carbocycles. The molecule has 0 atom stereocenters. The highest BCUT2D eigenvalue weighted by Crippen LogP contribution is 2.41. The quantitative estimate of drug-likeness (QED) is 0.606. The van der Waals surface area contributed by atoms with E-state index >= 15 is 0 Å². The van der Waals surface area contributed by atoms with Crippen LogP contribution in [-0.2, 0) is 6.42 Å². The Balaban J connectivity index is 0.00000210. The Hall–Kier alpha value is -2.78. The second-order valence-electron chi connectivity index (χ2n) is 6.35. The highest BCUT2D eigenvalue weighted by molar-refractivity contribution is 6.00. The summed E-state index contributed by atoms with van der Waals surface area (Å²) in [5.74, 6) is 1.77. The molecule has 1 aromatic heterocycles. The molecule has 4 rings (SSSR count). The van der Waals surface area contributed by atoms with E-state index in [1.807, 2.05) is 36.7 Å². The Morgan fingerprint density at radius 2 is 1.56 bits per heavy atom. The average Bonchev–Trinajstić information content (AvgIpc) is 2.73. The lowest BCUT2D eigenvalue weighted by Crippen LogP contribution is -2.06. The first-order valence-electron chi connectivity index (χ1n) is 8.75. The van der Waals surface area contributed by atoms with Gasteiger partial charge < -0.3 is 9.47 Å². The minimum atomic E-state index is 0. The molecule has 1 aliphatic carbocycles. The summed E-state index contributed by atoms with van der Waals surface area (Å²) in [6.07, 6.45) is 5.75. The number of pyridine rings is 1. The number of aryl methyl sites for hydroxylation is 1. The lowest BCUT2D eigenvalue weighted by molar-refractivity contribution is 0.414. The van der Waals surface area contributed by atoms with E-state index in [4.69, 9.17) is 9.47 Å². The molecule has 1 aliphatic rings. The van der Waals surface area contributed by atoms with Gasteiger partial charge in [0.25, 0.3) is 0 Å². The summed E-state index contributed by atoms with van der Waals surface area (Å²) in [7, 11) is 3.41. The van der Waals surface area contributed by atoms with Gasteiger partial charge in [-0.3, -0.25) is 4.98 Å². The maximum absolute atomic E-state index is 5.42. The number of hydrogen-bond donors (Lipinski definition) is 0. The molecule has 0 radical (unpaired) electrons. The van der Waals surface area contributed by atoms with Crippen molar-refractivity contribution in [1.82, 2.24) is 4.98 Å². The minimum Gasteiger partial charge on any atom is -0.497 e. The summed E-state index contributed by atoms with van der Waals surface area (Å²) in [6, 6.07) is 18.8. The molecule has 0 saturated carbocycles. The first-order chi connectivity index (χ1) is 12.8. The zero-order valence-corrected chi connectivity index (χ0v) is 16.3. The molecule has 0 fully saturated rings. The largest absolute Gasteiger partial charge is 0.497 e. The topological polar surface area (TPSA) is 31.4 Å². The third kappa shape index (κ3) is 3.69. The molecule has 0 aliphatic heterocycles. The van der Waals surface area contributed by atoms with Crippen molar-refractivity contribution in [1.29, 1.82) is 0 Å². The number of fused-ring (bicyclic) bond motifs is 1. The highest BCUT2D eigenvalue weighted by atomic mass is 35.5. The molecule has 0 saturated heterocycles. The van der Waals surface area contributed by atoms with Crippen LogP contribution in [0.2, 0.25) is 0 Å². The van der Waals surface area contributed by atoms with Gasteiger partial charge in [-0.25, -0.2) is 0 Å². The van der Waals surface area contributed by atoms with E-state index < -0.39 is 0 Å². The Morgan fingerprint density at radius 3 is 2.22 bits per heavy atom. The first-order valence-corrected chi connectivity index (χ1v) is 8.75. The van der Waals surface area contributed by atoms with E-state index in [2.05, 4.69) is 35.3 Å². The van der Waals surface area contributed by atoms with Gasteiger partial charge in [0, 0.05) is 12.4 Å². The minimum absolute atomic E-state index is 0. The third-order valence-electron chi connectivity index (χ3n) is 4.92. The van der Waals surface area contributed by atoms with Crippen molar-refractivity contribution in [2.45, 2.75) is 12.8 Å². The summed E-state index contributed by atoms with van der Waals surface area (Å²) < 4.78 is 10.7. The first kappa shape index (κ1) is 19.0. The molecule has 1 heterocycles. The number of methoxy groups -OCH3 is 2. The molecule has 27 heavy (non-hydrogen) atoms. The van der Waals surface area contributed by atoms with Crippen LogP contribution in [0.15, 0.2) is 67.0 Å². The number of benzene rings is 2. The van der Waals surface area contributed by atoms with Crippen molar-refractivity contribution in [3.8, 4) is 11.5 Å². The summed E-state index contributed by atoms with van der Waals surface area (Å²) in [5, 5.41) is 0. The maximum atomic E-state index is 5.42. The van der Waals surface area contributed by atoms with E-state index in [0.29, 0.717) is 0 Å². The van der Waals surface area contributed by atoms with E-state index in [0.717, 1.165) is 24.3 Å². The van der Waals surface area contributed by atoms with Crippen LogP contribution in [0.1, 0.15) is 28.7 Å². The van der Waals surface area contributed by atoms with Crippen LogP contribution in [0.25, 0.3) is 11.1 Å². The zero-order valence-electron chi connectivity index (χ0n) is 15.4. The van der Waals surface area contributed by atoms with E-state index in [1.54, 1.807) is 14.2 Å². The standard InChI is InChI=1S/C23H21NO2.ClH/c1-25-19-8-5-16(6-9-19)23-21-12-10-20(26-2)14-17(21)7-11-22(23)18-4-3-13-24-15-18;/h3-6,8-10,12-15H,7,11H2,1-2H3;1H. The fraction of sp³-hybridized carbons (Fsp3) is 0.174. The Kier molecular flexibility index (Phi) is 5.82. The van der Waals surface area contributed by atoms with E-state index in [1.165, 1.54) is 33.4 Å². The molecule has 138 valence electrons. The second kappa shape index (κ2) is 8.28. The van der Waals surface area contributed by atoms with Crippen molar-refractivity contribution < 1.29 is 9.47 Å². The number of rotatable bonds is 4. The summed E-state index contributed by atoms with van der Waals surface area (Å²) >= 11 is 0. The van der Waals surface area contributed by atoms with Crippen LogP contribution in [0.4, 0.5) is 0 Å². The summed E-state index contributed by atoms with van der Waals surface area (Å²) in [4.78, 5) is 4.32. The van der Waals surface area contributed by atoms with Gasteiger partial charge in [0.1, 0.15) is 11.5 Å². The van der Waals surface area contributed by atoms with Crippen molar-refractivity contribution >= 4 is 23.6 Å². The van der Waals surface area contributed by atoms with Gasteiger partial charge in [0.15, 0.2) is 0 Å². The number of hydrogen-bond acceptors (Lipinski definition) is 3. The predicted molar refractivity (Wildman–Crippen MR) is 112 cm³/mol. The van der Waals surface area contributed by atoms with Gasteiger partial charge in [-0.05, 0) is 76.6 Å². The monoisotopic (exact) mass is 379 g/mol. The smallest absolute Gasteiger partial charge is 0.119 e. The average molecular weight is 380 g/mol. The van der Waals surface area contributed by atoms with Crippen LogP contribution in [-0.4, -0.2) is 19.2 Å². The van der Waals surface area contributed by atoms with Gasteiger partial charge in [0.2, 0.25) is 0 Å². The van der Waals surface area contributed by atoms with Crippen molar-refractivity contribution in [3.63, 3.8) is 0 Å². The van der Waals surface area contributed by atoms with Crippen LogP contribution >= 0.6 is 12.4 Å². The van der Waals surface area contributed by atoms with E-state index in [9.17, 15) is 0 Å². The number of ether oxygens (including phenoxy) is 2. The van der Waals surface area contributed by atoms with Crippen LogP contribution < -0.4 is 9.47 Å². The Morgan fingerprint density at radius 1 is 0.815 bits per heavy atom. The molecular weight excluding hydrogens is 358 g/mol. The second-order valence-corrected chi connectivity index (χ2v) is 6.35. The Bertz CT molecular complexity index is 950. The number of nitrogens with zero attached hydrogens (tertiary/aromatic N) is 1. The van der Waals surface area contributed by atoms with Crippen molar-refractivity contribution in [2.75, 3.05) is 14.2 Å². The predicted octanol–water partition coefficient (Wildman–Crippen LogP) is 5.43. The van der Waals surface area contributed by atoms with Gasteiger partial charge >= 0.3 is 0 Å². The molecular formula is C23H22ClNO2. The lowest BCUT2D eigenvalue weighted by Gasteiger charge is -2.25. The van der Waals surface area contributed by atoms with Gasteiger partial charge in [-0.1, -0.05) is 24.3 Å². The molecule has 0 amide bonds.